The summed E-state index contributed by atoms with van der Waals surface area (Å²) < 4.78 is 0. The third kappa shape index (κ3) is 4.54. The number of hydrogen-bond acceptors (Lipinski definition) is 6. The van der Waals surface area contributed by atoms with Crippen molar-refractivity contribution < 1.29 is 14.5 Å². The number of carbonyl (C=O) groups excluding carboxylic acids is 2. The van der Waals surface area contributed by atoms with E-state index in [1.165, 1.54) is 31.3 Å². The lowest BCUT2D eigenvalue weighted by Gasteiger charge is -2.33. The second-order valence-corrected chi connectivity index (χ2v) is 5.42. The van der Waals surface area contributed by atoms with Crippen molar-refractivity contribution in [2.75, 3.05) is 31.5 Å². The molecule has 1 saturated heterocycles. The van der Waals surface area contributed by atoms with Gasteiger partial charge in [0, 0.05) is 45.4 Å². The number of nitro benzene ring substituents is 1. The molecule has 1 fully saturated rings. The van der Waals surface area contributed by atoms with Crippen LogP contribution in [0.4, 0.5) is 11.4 Å². The van der Waals surface area contributed by atoms with E-state index in [4.69, 9.17) is 0 Å². The molecular weight excluding hydrogens is 326 g/mol. The van der Waals surface area contributed by atoms with Gasteiger partial charge >= 0.3 is 0 Å². The lowest BCUT2D eigenvalue weighted by Crippen LogP contribution is -2.46. The van der Waals surface area contributed by atoms with Crippen molar-refractivity contribution >= 4 is 23.2 Å². The van der Waals surface area contributed by atoms with Gasteiger partial charge in [-0.05, 0) is 6.07 Å². The molecule has 0 bridgehead atoms. The van der Waals surface area contributed by atoms with Crippen molar-refractivity contribution in [1.82, 2.24) is 9.80 Å². The molecule has 1 aliphatic heterocycles. The lowest BCUT2D eigenvalue weighted by atomic mass is 10.2. The molecule has 25 heavy (non-hydrogen) atoms. The van der Waals surface area contributed by atoms with E-state index in [9.17, 15) is 25.0 Å². The van der Waals surface area contributed by atoms with Crippen LogP contribution >= 0.6 is 0 Å². The minimum absolute atomic E-state index is 0.0155. The molecule has 9 nitrogen and oxygen atoms in total. The molecule has 0 saturated carbocycles. The van der Waals surface area contributed by atoms with Gasteiger partial charge in [0.2, 0.25) is 5.91 Å². The summed E-state index contributed by atoms with van der Waals surface area (Å²) >= 11 is 0. The molecule has 0 spiro atoms. The van der Waals surface area contributed by atoms with Gasteiger partial charge in [0.25, 0.3) is 11.6 Å². The Labute approximate surface area is 144 Å². The number of rotatable bonds is 4. The summed E-state index contributed by atoms with van der Waals surface area (Å²) in [7, 11) is 0. The summed E-state index contributed by atoms with van der Waals surface area (Å²) in [6.07, 6.45) is 1.42. The monoisotopic (exact) mass is 343 g/mol. The Hall–Kier alpha value is -3.41. The number of anilines is 1. The van der Waals surface area contributed by atoms with Gasteiger partial charge in [-0.25, -0.2) is 0 Å². The van der Waals surface area contributed by atoms with Gasteiger partial charge < -0.3 is 15.1 Å². The Balaban J connectivity index is 2.08. The van der Waals surface area contributed by atoms with Crippen LogP contribution in [0.3, 0.4) is 0 Å². The molecule has 1 aliphatic rings. The molecule has 0 radical (unpaired) electrons. The fourth-order valence-corrected chi connectivity index (χ4v) is 2.41. The molecule has 130 valence electrons. The number of para-hydroxylation sites is 2. The van der Waals surface area contributed by atoms with E-state index in [-0.39, 0.29) is 22.9 Å². The fourth-order valence-electron chi connectivity index (χ4n) is 2.41. The molecule has 0 atom stereocenters. The van der Waals surface area contributed by atoms with Crippen LogP contribution in [-0.2, 0) is 9.59 Å². The van der Waals surface area contributed by atoms with Crippen LogP contribution in [0.1, 0.15) is 6.92 Å². The van der Waals surface area contributed by atoms with Crippen LogP contribution in [0.15, 0.2) is 36.0 Å². The molecule has 1 aromatic carbocycles. The van der Waals surface area contributed by atoms with E-state index >= 15 is 0 Å². The highest BCUT2D eigenvalue weighted by Gasteiger charge is 2.20. The predicted octanol–water partition coefficient (Wildman–Crippen LogP) is 1.10. The average Bonchev–Trinajstić information content (AvgIpc) is 2.60. The first-order valence-corrected chi connectivity index (χ1v) is 7.58. The molecule has 1 heterocycles. The zero-order valence-electron chi connectivity index (χ0n) is 13.6. The van der Waals surface area contributed by atoms with E-state index < -0.39 is 10.8 Å². The van der Waals surface area contributed by atoms with E-state index in [0.717, 1.165) is 0 Å². The number of hydrogen-bond donors (Lipinski definition) is 1. The molecule has 1 aromatic rings. The molecule has 0 aromatic heterocycles. The number of nitro groups is 1. The maximum atomic E-state index is 12.2. The first-order chi connectivity index (χ1) is 11.9. The summed E-state index contributed by atoms with van der Waals surface area (Å²) in [5.41, 5.74) is -0.377. The lowest BCUT2D eigenvalue weighted by molar-refractivity contribution is -0.383. The van der Waals surface area contributed by atoms with Gasteiger partial charge in [0.15, 0.2) is 0 Å². The van der Waals surface area contributed by atoms with Crippen molar-refractivity contribution in [1.29, 1.82) is 5.26 Å². The smallest absolute Gasteiger partial charge is 0.292 e. The van der Waals surface area contributed by atoms with Gasteiger partial charge in [0.05, 0.1) is 4.92 Å². The fraction of sp³-hybridized carbons (Fsp3) is 0.312. The third-order valence-corrected chi connectivity index (χ3v) is 3.79. The predicted molar refractivity (Wildman–Crippen MR) is 89.2 cm³/mol. The first kappa shape index (κ1) is 17.9. The highest BCUT2D eigenvalue weighted by molar-refractivity contribution is 6.07. The quantitative estimate of drug-likeness (QED) is 0.378. The second kappa shape index (κ2) is 7.92. The minimum atomic E-state index is -0.717. The summed E-state index contributed by atoms with van der Waals surface area (Å²) in [6.45, 7) is 3.52. The third-order valence-electron chi connectivity index (χ3n) is 3.79. The van der Waals surface area contributed by atoms with Crippen LogP contribution in [0.5, 0.6) is 0 Å². The standard InChI is InChI=1S/C16H17N5O4/c1-12(22)20-8-6-19(7-9-20)11-13(10-17)16(23)18-14-4-2-3-5-15(14)21(24)25/h2-5,11H,6-9H2,1H3,(H,18,23)/b13-11-. The topological polar surface area (TPSA) is 120 Å². The minimum Gasteiger partial charge on any atom is -0.373 e. The van der Waals surface area contributed by atoms with E-state index in [2.05, 4.69) is 5.32 Å². The van der Waals surface area contributed by atoms with Crippen LogP contribution in [0.25, 0.3) is 0 Å². The normalized spacial score (nSPS) is 14.6. The number of nitriles is 1. The summed E-state index contributed by atoms with van der Waals surface area (Å²) in [6, 6.07) is 7.52. The van der Waals surface area contributed by atoms with Gasteiger partial charge in [-0.3, -0.25) is 19.7 Å². The van der Waals surface area contributed by atoms with E-state index in [0.29, 0.717) is 26.2 Å². The van der Waals surface area contributed by atoms with Crippen molar-refractivity contribution in [2.45, 2.75) is 6.92 Å². The highest BCUT2D eigenvalue weighted by atomic mass is 16.6. The SMILES string of the molecule is CC(=O)N1CCN(/C=C(/C#N)C(=O)Nc2ccccc2[N+](=O)[O-])CC1. The molecular formula is C16H17N5O4. The zero-order chi connectivity index (χ0) is 18.4. The van der Waals surface area contributed by atoms with Gasteiger partial charge in [-0.15, -0.1) is 0 Å². The number of piperazine rings is 1. The first-order valence-electron chi connectivity index (χ1n) is 7.58. The van der Waals surface area contributed by atoms with Crippen molar-refractivity contribution in [2.24, 2.45) is 0 Å². The molecule has 9 heteroatoms. The molecule has 0 aliphatic carbocycles. The second-order valence-electron chi connectivity index (χ2n) is 5.42. The van der Waals surface area contributed by atoms with Gasteiger partial charge in [-0.1, -0.05) is 12.1 Å². The van der Waals surface area contributed by atoms with E-state index in [1.54, 1.807) is 15.9 Å². The molecule has 2 amide bonds. The maximum absolute atomic E-state index is 12.2. The highest BCUT2D eigenvalue weighted by Crippen LogP contribution is 2.23. The number of amides is 2. The Morgan fingerprint density at radius 3 is 2.48 bits per heavy atom. The number of benzene rings is 1. The molecule has 1 N–H and O–H groups in total. The van der Waals surface area contributed by atoms with Crippen molar-refractivity contribution in [3.05, 3.63) is 46.2 Å². The molecule has 0 unspecified atom stereocenters. The van der Waals surface area contributed by atoms with Crippen LogP contribution < -0.4 is 5.32 Å². The van der Waals surface area contributed by atoms with Gasteiger partial charge in [0.1, 0.15) is 17.3 Å². The summed E-state index contributed by atoms with van der Waals surface area (Å²) in [5.74, 6) is -0.732. The van der Waals surface area contributed by atoms with Crippen LogP contribution in [0, 0.1) is 21.4 Å². The Kier molecular flexibility index (Phi) is 5.68. The Morgan fingerprint density at radius 2 is 1.92 bits per heavy atom. The van der Waals surface area contributed by atoms with Crippen molar-refractivity contribution in [3.63, 3.8) is 0 Å². The number of nitrogens with one attached hydrogen (secondary N) is 1. The van der Waals surface area contributed by atoms with Crippen LogP contribution in [0.2, 0.25) is 0 Å². The van der Waals surface area contributed by atoms with Crippen molar-refractivity contribution in [3.8, 4) is 6.07 Å². The maximum Gasteiger partial charge on any atom is 0.292 e. The van der Waals surface area contributed by atoms with Gasteiger partial charge in [-0.2, -0.15) is 5.26 Å². The van der Waals surface area contributed by atoms with Crippen LogP contribution in [-0.4, -0.2) is 52.7 Å². The summed E-state index contributed by atoms with van der Waals surface area (Å²) in [5, 5.41) is 22.6. The largest absolute Gasteiger partial charge is 0.373 e. The summed E-state index contributed by atoms with van der Waals surface area (Å²) in [4.78, 5) is 37.4. The number of nitrogens with zero attached hydrogens (tertiary/aromatic N) is 4. The number of carbonyl (C=O) groups is 2. The Bertz CT molecular complexity index is 760. The zero-order valence-corrected chi connectivity index (χ0v) is 13.6. The molecule has 2 rings (SSSR count). The Morgan fingerprint density at radius 1 is 1.28 bits per heavy atom. The average molecular weight is 343 g/mol. The van der Waals surface area contributed by atoms with E-state index in [1.807, 2.05) is 6.07 Å².